The Labute approximate surface area is 118 Å². The van der Waals surface area contributed by atoms with E-state index in [1.54, 1.807) is 7.11 Å². The Kier molecular flexibility index (Phi) is 6.30. The van der Waals surface area contributed by atoms with Crippen LogP contribution >= 0.6 is 15.9 Å². The molecule has 0 saturated heterocycles. The average molecular weight is 335 g/mol. The lowest BCUT2D eigenvalue weighted by atomic mass is 10.4. The van der Waals surface area contributed by atoms with Gasteiger partial charge in [-0.05, 0) is 15.9 Å². The van der Waals surface area contributed by atoms with Crippen molar-refractivity contribution in [3.8, 4) is 0 Å². The smallest absolute Gasteiger partial charge is 0.404 e. The highest BCUT2D eigenvalue weighted by molar-refractivity contribution is 9.10. The van der Waals surface area contributed by atoms with Crippen LogP contribution in [0.5, 0.6) is 0 Å². The first-order valence-corrected chi connectivity index (χ1v) is 6.26. The van der Waals surface area contributed by atoms with Crippen molar-refractivity contribution in [2.75, 3.05) is 32.2 Å². The summed E-state index contributed by atoms with van der Waals surface area (Å²) in [6, 6.07) is 0. The van der Waals surface area contributed by atoms with E-state index in [4.69, 9.17) is 10.5 Å². The molecule has 1 heterocycles. The number of rotatable bonds is 7. The molecule has 0 fully saturated rings. The number of nitrogens with zero attached hydrogens (tertiary/aromatic N) is 2. The number of nitrogens with one attached hydrogen (secondary N) is 1. The molecule has 0 saturated carbocycles. The molecule has 1 rings (SSSR count). The Hall–Kier alpha value is -1.61. The van der Waals surface area contributed by atoms with Crippen molar-refractivity contribution < 1.29 is 14.3 Å². The molecular formula is C10H15BrN4O4. The molecule has 0 aliphatic rings. The van der Waals surface area contributed by atoms with Gasteiger partial charge in [0.15, 0.2) is 0 Å². The largest absolute Gasteiger partial charge is 0.448 e. The summed E-state index contributed by atoms with van der Waals surface area (Å²) in [5.74, 6) is 0. The van der Waals surface area contributed by atoms with E-state index in [1.165, 1.54) is 10.9 Å². The summed E-state index contributed by atoms with van der Waals surface area (Å²) in [4.78, 5) is 22.3. The normalized spacial score (nSPS) is 10.2. The number of nitrogens with two attached hydrogens (primary N) is 1. The van der Waals surface area contributed by atoms with Gasteiger partial charge in [0.2, 0.25) is 0 Å². The van der Waals surface area contributed by atoms with Crippen molar-refractivity contribution in [3.05, 3.63) is 21.0 Å². The minimum atomic E-state index is -0.839. The highest BCUT2D eigenvalue weighted by Crippen LogP contribution is 2.15. The summed E-state index contributed by atoms with van der Waals surface area (Å²) in [6.07, 6.45) is 0.666. The van der Waals surface area contributed by atoms with E-state index in [0.717, 1.165) is 0 Å². The number of carbonyl (C=O) groups excluding carboxylic acids is 1. The Balaban J connectivity index is 2.63. The van der Waals surface area contributed by atoms with Crippen LogP contribution in [0.4, 0.5) is 10.5 Å². The van der Waals surface area contributed by atoms with Crippen molar-refractivity contribution in [2.45, 2.75) is 6.54 Å². The molecule has 3 N–H and O–H groups in total. The number of primary amides is 1. The van der Waals surface area contributed by atoms with Crippen molar-refractivity contribution in [1.82, 2.24) is 9.78 Å². The lowest BCUT2D eigenvalue weighted by molar-refractivity contribution is 0.161. The predicted octanol–water partition coefficient (Wildman–Crippen LogP) is 0.159. The van der Waals surface area contributed by atoms with E-state index >= 15 is 0 Å². The van der Waals surface area contributed by atoms with Crippen molar-refractivity contribution >= 4 is 27.7 Å². The number of halogens is 1. The number of hydrogen-bond acceptors (Lipinski definition) is 6. The first kappa shape index (κ1) is 15.4. The quantitative estimate of drug-likeness (QED) is 0.687. The number of ether oxygens (including phenoxy) is 2. The van der Waals surface area contributed by atoms with Gasteiger partial charge in [-0.1, -0.05) is 0 Å². The SMILES string of the molecule is COCCn1ncc(NCCOC(N)=O)c(Br)c1=O. The zero-order chi connectivity index (χ0) is 14.3. The summed E-state index contributed by atoms with van der Waals surface area (Å²) in [5, 5.41) is 6.90. The zero-order valence-corrected chi connectivity index (χ0v) is 12.0. The Bertz CT molecular complexity index is 491. The molecule has 9 heteroatoms. The van der Waals surface area contributed by atoms with E-state index in [-0.39, 0.29) is 12.2 Å². The first-order valence-electron chi connectivity index (χ1n) is 5.47. The number of methoxy groups -OCH3 is 1. The number of anilines is 1. The van der Waals surface area contributed by atoms with Crippen LogP contribution in [0.15, 0.2) is 15.5 Å². The number of carbonyl (C=O) groups is 1. The third-order valence-corrected chi connectivity index (χ3v) is 2.92. The van der Waals surface area contributed by atoms with E-state index < -0.39 is 6.09 Å². The minimum absolute atomic E-state index is 0.106. The fourth-order valence-electron chi connectivity index (χ4n) is 1.26. The standard InChI is InChI=1S/C10H15BrN4O4/c1-18-5-3-15-9(16)8(11)7(6-14-15)13-2-4-19-10(12)17/h6,13H,2-5H2,1H3,(H2,12,17). The third kappa shape index (κ3) is 4.87. The lowest BCUT2D eigenvalue weighted by Gasteiger charge is -2.10. The molecule has 0 radical (unpaired) electrons. The molecule has 106 valence electrons. The Morgan fingerprint density at radius 3 is 2.95 bits per heavy atom. The molecule has 0 unspecified atom stereocenters. The maximum Gasteiger partial charge on any atom is 0.404 e. The number of aromatic nitrogens is 2. The van der Waals surface area contributed by atoms with Gasteiger partial charge in [0.05, 0.1) is 25.0 Å². The minimum Gasteiger partial charge on any atom is -0.448 e. The van der Waals surface area contributed by atoms with E-state index in [9.17, 15) is 9.59 Å². The summed E-state index contributed by atoms with van der Waals surface area (Å²) < 4.78 is 11.1. The van der Waals surface area contributed by atoms with Gasteiger partial charge in [-0.2, -0.15) is 5.10 Å². The predicted molar refractivity (Wildman–Crippen MR) is 72.1 cm³/mol. The fourth-order valence-corrected chi connectivity index (χ4v) is 1.71. The summed E-state index contributed by atoms with van der Waals surface area (Å²) >= 11 is 3.19. The zero-order valence-electron chi connectivity index (χ0n) is 10.4. The van der Waals surface area contributed by atoms with Crippen LogP contribution in [-0.2, 0) is 16.0 Å². The monoisotopic (exact) mass is 334 g/mol. The highest BCUT2D eigenvalue weighted by Gasteiger charge is 2.08. The van der Waals surface area contributed by atoms with E-state index in [2.05, 4.69) is 31.1 Å². The third-order valence-electron chi connectivity index (χ3n) is 2.15. The molecule has 0 aromatic carbocycles. The second-order valence-electron chi connectivity index (χ2n) is 3.49. The molecule has 1 aromatic rings. The van der Waals surface area contributed by atoms with Crippen LogP contribution in [0.2, 0.25) is 0 Å². The molecule has 8 nitrogen and oxygen atoms in total. The van der Waals surface area contributed by atoms with Gasteiger partial charge in [0.25, 0.3) is 5.56 Å². The molecule has 19 heavy (non-hydrogen) atoms. The Morgan fingerprint density at radius 2 is 2.32 bits per heavy atom. The number of amides is 1. The first-order chi connectivity index (χ1) is 9.06. The van der Waals surface area contributed by atoms with Crippen LogP contribution in [0.3, 0.4) is 0 Å². The highest BCUT2D eigenvalue weighted by atomic mass is 79.9. The molecular weight excluding hydrogens is 320 g/mol. The second kappa shape index (κ2) is 7.74. The maximum atomic E-state index is 11.9. The molecule has 0 atom stereocenters. The molecule has 0 aliphatic carbocycles. The summed E-state index contributed by atoms with van der Waals surface area (Å²) in [7, 11) is 1.55. The van der Waals surface area contributed by atoms with Crippen LogP contribution < -0.4 is 16.6 Å². The van der Waals surface area contributed by atoms with Gasteiger partial charge in [-0.3, -0.25) is 4.79 Å². The second-order valence-corrected chi connectivity index (χ2v) is 4.28. The van der Waals surface area contributed by atoms with Crippen LogP contribution in [0.1, 0.15) is 0 Å². The van der Waals surface area contributed by atoms with Crippen LogP contribution in [0.25, 0.3) is 0 Å². The molecule has 0 bridgehead atoms. The van der Waals surface area contributed by atoms with Crippen LogP contribution in [0, 0.1) is 0 Å². The van der Waals surface area contributed by atoms with Gasteiger partial charge in [-0.25, -0.2) is 9.48 Å². The fraction of sp³-hybridized carbons (Fsp3) is 0.500. The van der Waals surface area contributed by atoms with Crippen LogP contribution in [-0.4, -0.2) is 42.7 Å². The number of hydrogen-bond donors (Lipinski definition) is 2. The lowest BCUT2D eigenvalue weighted by Crippen LogP contribution is -2.26. The maximum absolute atomic E-state index is 11.9. The summed E-state index contributed by atoms with van der Waals surface area (Å²) in [6.45, 7) is 1.21. The van der Waals surface area contributed by atoms with Gasteiger partial charge in [0, 0.05) is 13.7 Å². The van der Waals surface area contributed by atoms with E-state index in [0.29, 0.717) is 29.9 Å². The van der Waals surface area contributed by atoms with Crippen molar-refractivity contribution in [3.63, 3.8) is 0 Å². The average Bonchev–Trinajstić information content (AvgIpc) is 2.38. The topological polar surface area (TPSA) is 108 Å². The van der Waals surface area contributed by atoms with Crippen molar-refractivity contribution in [1.29, 1.82) is 0 Å². The molecule has 0 spiro atoms. The summed E-state index contributed by atoms with van der Waals surface area (Å²) in [5.41, 5.74) is 5.07. The Morgan fingerprint density at radius 1 is 1.58 bits per heavy atom. The van der Waals surface area contributed by atoms with Gasteiger partial charge in [-0.15, -0.1) is 0 Å². The molecule has 1 aromatic heterocycles. The van der Waals surface area contributed by atoms with Gasteiger partial charge >= 0.3 is 6.09 Å². The van der Waals surface area contributed by atoms with Crippen molar-refractivity contribution in [2.24, 2.45) is 5.73 Å². The van der Waals surface area contributed by atoms with Gasteiger partial charge in [0.1, 0.15) is 11.1 Å². The molecule has 0 aliphatic heterocycles. The molecule has 1 amide bonds. The van der Waals surface area contributed by atoms with E-state index in [1.807, 2.05) is 0 Å². The van der Waals surface area contributed by atoms with Gasteiger partial charge < -0.3 is 20.5 Å².